The Morgan fingerprint density at radius 2 is 2.22 bits per heavy atom. The highest BCUT2D eigenvalue weighted by molar-refractivity contribution is 6.29. The molecule has 10 heteroatoms. The lowest BCUT2D eigenvalue weighted by Crippen LogP contribution is -2.44. The summed E-state index contributed by atoms with van der Waals surface area (Å²) >= 11 is 6.15. The SMILES string of the molecule is O=C(O)N1CCCC(Nc2cc(Cl)nc(-c3cnc4ccc(F)cn34)n2)C1. The summed E-state index contributed by atoms with van der Waals surface area (Å²) < 4.78 is 15.2. The predicted octanol–water partition coefficient (Wildman–Crippen LogP) is 3.14. The Bertz CT molecular complexity index is 1010. The minimum absolute atomic E-state index is 0.0757. The summed E-state index contributed by atoms with van der Waals surface area (Å²) in [5, 5.41) is 12.6. The molecule has 0 saturated carbocycles. The van der Waals surface area contributed by atoms with E-state index in [1.54, 1.807) is 22.7 Å². The average molecular weight is 391 g/mol. The van der Waals surface area contributed by atoms with Crippen LogP contribution in [0.4, 0.5) is 15.0 Å². The zero-order chi connectivity index (χ0) is 19.0. The first-order valence-corrected chi connectivity index (χ1v) is 8.79. The number of carbonyl (C=O) groups is 1. The second-order valence-electron chi connectivity index (χ2n) is 6.33. The molecular weight excluding hydrogens is 375 g/mol. The van der Waals surface area contributed by atoms with E-state index in [9.17, 15) is 9.18 Å². The van der Waals surface area contributed by atoms with Crippen molar-refractivity contribution in [2.45, 2.75) is 18.9 Å². The molecule has 4 rings (SSSR count). The number of hydrogen-bond donors (Lipinski definition) is 2. The van der Waals surface area contributed by atoms with E-state index in [-0.39, 0.29) is 11.2 Å². The number of pyridine rings is 1. The summed E-state index contributed by atoms with van der Waals surface area (Å²) in [6.45, 7) is 0.893. The third-order valence-electron chi connectivity index (χ3n) is 4.44. The molecule has 140 valence electrons. The number of nitrogens with zero attached hydrogens (tertiary/aromatic N) is 5. The number of halogens is 2. The molecule has 1 saturated heterocycles. The molecule has 4 heterocycles. The molecular formula is C17H16ClFN6O2. The Kier molecular flexibility index (Phi) is 4.53. The van der Waals surface area contributed by atoms with Crippen molar-refractivity contribution >= 4 is 29.2 Å². The summed E-state index contributed by atoms with van der Waals surface area (Å²) in [6.07, 6.45) is 3.51. The zero-order valence-corrected chi connectivity index (χ0v) is 14.9. The molecule has 27 heavy (non-hydrogen) atoms. The molecule has 0 bridgehead atoms. The summed E-state index contributed by atoms with van der Waals surface area (Å²) in [4.78, 5) is 25.5. The predicted molar refractivity (Wildman–Crippen MR) is 97.4 cm³/mol. The van der Waals surface area contributed by atoms with Crippen LogP contribution in [0.1, 0.15) is 12.8 Å². The second-order valence-corrected chi connectivity index (χ2v) is 6.72. The maximum absolute atomic E-state index is 13.6. The molecule has 3 aromatic rings. The van der Waals surface area contributed by atoms with E-state index < -0.39 is 11.9 Å². The molecule has 0 spiro atoms. The summed E-state index contributed by atoms with van der Waals surface area (Å²) in [6, 6.07) is 4.39. The first kappa shape index (κ1) is 17.5. The summed E-state index contributed by atoms with van der Waals surface area (Å²) in [5.74, 6) is 0.376. The van der Waals surface area contributed by atoms with Crippen LogP contribution in [0.5, 0.6) is 0 Å². The van der Waals surface area contributed by atoms with Crippen molar-refractivity contribution in [1.82, 2.24) is 24.3 Å². The maximum Gasteiger partial charge on any atom is 0.407 e. The van der Waals surface area contributed by atoms with Crippen LogP contribution >= 0.6 is 11.6 Å². The van der Waals surface area contributed by atoms with Crippen LogP contribution in [0.2, 0.25) is 5.15 Å². The van der Waals surface area contributed by atoms with Gasteiger partial charge < -0.3 is 15.3 Å². The summed E-state index contributed by atoms with van der Waals surface area (Å²) in [7, 11) is 0. The van der Waals surface area contributed by atoms with Gasteiger partial charge in [0.1, 0.15) is 28.1 Å². The van der Waals surface area contributed by atoms with Crippen LogP contribution in [0.3, 0.4) is 0 Å². The van der Waals surface area contributed by atoms with E-state index in [1.165, 1.54) is 17.2 Å². The number of imidazole rings is 1. The number of anilines is 1. The minimum Gasteiger partial charge on any atom is -0.465 e. The molecule has 1 unspecified atom stereocenters. The van der Waals surface area contributed by atoms with Gasteiger partial charge >= 0.3 is 6.09 Å². The molecule has 8 nitrogen and oxygen atoms in total. The number of carboxylic acid groups (broad SMARTS) is 1. The van der Waals surface area contributed by atoms with Crippen LogP contribution in [-0.2, 0) is 0 Å². The van der Waals surface area contributed by atoms with Gasteiger partial charge in [0.15, 0.2) is 5.82 Å². The van der Waals surface area contributed by atoms with Gasteiger partial charge in [-0.15, -0.1) is 0 Å². The number of hydrogen-bond acceptors (Lipinski definition) is 5. The number of amides is 1. The first-order valence-electron chi connectivity index (χ1n) is 8.41. The molecule has 1 amide bonds. The van der Waals surface area contributed by atoms with Gasteiger partial charge in [-0.05, 0) is 25.0 Å². The Hall–Kier alpha value is -2.94. The topological polar surface area (TPSA) is 95.7 Å². The normalized spacial score (nSPS) is 17.3. The molecule has 2 N–H and O–H groups in total. The van der Waals surface area contributed by atoms with Gasteiger partial charge in [-0.25, -0.2) is 24.1 Å². The van der Waals surface area contributed by atoms with Crippen molar-refractivity contribution in [1.29, 1.82) is 0 Å². The Morgan fingerprint density at radius 1 is 1.37 bits per heavy atom. The first-order chi connectivity index (χ1) is 13.0. The fraction of sp³-hybridized carbons (Fsp3) is 0.294. The molecule has 1 atom stereocenters. The van der Waals surface area contributed by atoms with Gasteiger partial charge in [0, 0.05) is 31.4 Å². The zero-order valence-electron chi connectivity index (χ0n) is 14.1. The van der Waals surface area contributed by atoms with Gasteiger partial charge in [0.2, 0.25) is 0 Å². The molecule has 1 fully saturated rings. The highest BCUT2D eigenvalue weighted by Gasteiger charge is 2.23. The third kappa shape index (κ3) is 3.63. The van der Waals surface area contributed by atoms with Gasteiger partial charge in [-0.3, -0.25) is 4.40 Å². The Labute approximate surface area is 158 Å². The van der Waals surface area contributed by atoms with Gasteiger partial charge in [0.05, 0.1) is 6.20 Å². The molecule has 0 aliphatic carbocycles. The monoisotopic (exact) mass is 390 g/mol. The molecule has 3 aromatic heterocycles. The highest BCUT2D eigenvalue weighted by Crippen LogP contribution is 2.23. The molecule has 0 radical (unpaired) electrons. The smallest absolute Gasteiger partial charge is 0.407 e. The Balaban J connectivity index is 1.63. The van der Waals surface area contributed by atoms with E-state index in [2.05, 4.69) is 20.3 Å². The lowest BCUT2D eigenvalue weighted by Gasteiger charge is -2.31. The van der Waals surface area contributed by atoms with E-state index >= 15 is 0 Å². The fourth-order valence-corrected chi connectivity index (χ4v) is 3.39. The van der Waals surface area contributed by atoms with Crippen molar-refractivity contribution < 1.29 is 14.3 Å². The van der Waals surface area contributed by atoms with E-state index in [0.717, 1.165) is 12.8 Å². The number of piperidine rings is 1. The number of nitrogens with one attached hydrogen (secondary N) is 1. The Morgan fingerprint density at radius 3 is 3.04 bits per heavy atom. The van der Waals surface area contributed by atoms with Crippen molar-refractivity contribution in [2.75, 3.05) is 18.4 Å². The van der Waals surface area contributed by atoms with Crippen LogP contribution in [0.15, 0.2) is 30.6 Å². The number of rotatable bonds is 3. The largest absolute Gasteiger partial charge is 0.465 e. The summed E-state index contributed by atoms with van der Waals surface area (Å²) in [5.41, 5.74) is 1.07. The van der Waals surface area contributed by atoms with Crippen LogP contribution in [-0.4, -0.2) is 54.6 Å². The number of fused-ring (bicyclic) bond motifs is 1. The van der Waals surface area contributed by atoms with Gasteiger partial charge in [-0.1, -0.05) is 11.6 Å². The maximum atomic E-state index is 13.6. The van der Waals surface area contributed by atoms with Crippen molar-refractivity contribution in [3.05, 3.63) is 41.6 Å². The van der Waals surface area contributed by atoms with Crippen molar-refractivity contribution in [3.63, 3.8) is 0 Å². The number of likely N-dealkylation sites (tertiary alicyclic amines) is 1. The molecule has 1 aliphatic heterocycles. The second kappa shape index (κ2) is 6.99. The fourth-order valence-electron chi connectivity index (χ4n) is 3.20. The van der Waals surface area contributed by atoms with Crippen molar-refractivity contribution in [2.24, 2.45) is 0 Å². The third-order valence-corrected chi connectivity index (χ3v) is 4.63. The van der Waals surface area contributed by atoms with Crippen LogP contribution < -0.4 is 5.32 Å². The van der Waals surface area contributed by atoms with Gasteiger partial charge in [0.25, 0.3) is 0 Å². The van der Waals surface area contributed by atoms with Gasteiger partial charge in [-0.2, -0.15) is 0 Å². The van der Waals surface area contributed by atoms with E-state index in [0.29, 0.717) is 36.1 Å². The highest BCUT2D eigenvalue weighted by atomic mass is 35.5. The lowest BCUT2D eigenvalue weighted by atomic mass is 10.1. The quantitative estimate of drug-likeness (QED) is 0.667. The van der Waals surface area contributed by atoms with Crippen molar-refractivity contribution in [3.8, 4) is 11.5 Å². The molecule has 1 aliphatic rings. The van der Waals surface area contributed by atoms with Crippen LogP contribution in [0.25, 0.3) is 17.2 Å². The van der Waals surface area contributed by atoms with E-state index in [1.807, 2.05) is 0 Å². The molecule has 0 aromatic carbocycles. The average Bonchev–Trinajstić information content (AvgIpc) is 3.04. The standard InChI is InChI=1S/C17H16ClFN6O2/c18-13-6-14(21-11-2-1-5-24(9-11)17(26)27)23-16(22-13)12-7-20-15-4-3-10(19)8-25(12)15/h3-4,6-8,11H,1-2,5,9H2,(H,26,27)(H,21,22,23). The lowest BCUT2D eigenvalue weighted by molar-refractivity contribution is 0.133. The minimum atomic E-state index is -0.935. The van der Waals surface area contributed by atoms with E-state index in [4.69, 9.17) is 16.7 Å². The number of aromatic nitrogens is 4. The van der Waals surface area contributed by atoms with Crippen LogP contribution in [0, 0.1) is 5.82 Å².